The molecule has 3 rings (SSSR count). The number of primary amides is 1. The van der Waals surface area contributed by atoms with Crippen molar-refractivity contribution in [1.29, 1.82) is 0 Å². The van der Waals surface area contributed by atoms with Gasteiger partial charge in [0.25, 0.3) is 5.91 Å². The number of nitrogens with two attached hydrogens (primary N) is 1. The smallest absolute Gasteiger partial charge is 0.372 e. The van der Waals surface area contributed by atoms with Gasteiger partial charge >= 0.3 is 6.18 Å². The Hall–Kier alpha value is -2.26. The zero-order valence-corrected chi connectivity index (χ0v) is 18.6. The molecule has 0 fully saturated rings. The molecule has 1 heterocycles. The van der Waals surface area contributed by atoms with Crippen LogP contribution in [0.1, 0.15) is 53.1 Å². The number of thiophene rings is 1. The highest BCUT2D eigenvalue weighted by Crippen LogP contribution is 2.38. The molecule has 0 aliphatic heterocycles. The monoisotopic (exact) mass is 473 g/mol. The van der Waals surface area contributed by atoms with Gasteiger partial charge in [-0.3, -0.25) is 9.59 Å². The Labute approximate surface area is 187 Å². The van der Waals surface area contributed by atoms with Crippen LogP contribution < -0.4 is 16.4 Å². The third-order valence-corrected chi connectivity index (χ3v) is 6.73. The van der Waals surface area contributed by atoms with Gasteiger partial charge in [-0.2, -0.15) is 13.2 Å². The standard InChI is InChI=1S/C21H23ClF3N3O2S/c1-10(2)17(27-14-8-7-11(9-13(14)22)21(23,24)25)19(30)28-20-16(18(26)29)12-5-3-4-6-15(12)31-20/h7-10,17,27H,3-6H2,1-2H3,(H2,26,29)(H,28,30). The van der Waals surface area contributed by atoms with Crippen molar-refractivity contribution in [3.05, 3.63) is 44.8 Å². The van der Waals surface area contributed by atoms with E-state index in [1.165, 1.54) is 17.4 Å². The Morgan fingerprint density at radius 3 is 2.45 bits per heavy atom. The maximum Gasteiger partial charge on any atom is 0.416 e. The first-order valence-corrected chi connectivity index (χ1v) is 11.1. The number of carbonyl (C=O) groups excluding carboxylic acids is 2. The van der Waals surface area contributed by atoms with Crippen LogP contribution in [0, 0.1) is 5.92 Å². The molecule has 1 aromatic carbocycles. The van der Waals surface area contributed by atoms with E-state index in [0.29, 0.717) is 10.6 Å². The van der Waals surface area contributed by atoms with E-state index in [2.05, 4.69) is 10.6 Å². The highest BCUT2D eigenvalue weighted by molar-refractivity contribution is 7.17. The van der Waals surface area contributed by atoms with E-state index < -0.39 is 29.6 Å². The summed E-state index contributed by atoms with van der Waals surface area (Å²) in [6.07, 6.45) is -0.960. The third kappa shape index (κ3) is 5.15. The maximum atomic E-state index is 13.0. The van der Waals surface area contributed by atoms with Crippen molar-refractivity contribution in [3.8, 4) is 0 Å². The Balaban J connectivity index is 1.84. The zero-order valence-electron chi connectivity index (χ0n) is 17.0. The molecular weight excluding hydrogens is 451 g/mol. The number of amides is 2. The number of fused-ring (bicyclic) bond motifs is 1. The van der Waals surface area contributed by atoms with Gasteiger partial charge in [0.1, 0.15) is 11.0 Å². The first kappa shape index (κ1) is 23.4. The van der Waals surface area contributed by atoms with Crippen LogP contribution in [0.5, 0.6) is 0 Å². The molecule has 1 aliphatic rings. The number of rotatable bonds is 6. The summed E-state index contributed by atoms with van der Waals surface area (Å²) in [5.74, 6) is -1.23. The molecule has 0 saturated carbocycles. The lowest BCUT2D eigenvalue weighted by Gasteiger charge is -2.23. The third-order valence-electron chi connectivity index (χ3n) is 5.21. The minimum atomic E-state index is -4.51. The van der Waals surface area contributed by atoms with Gasteiger partial charge in [0.2, 0.25) is 5.91 Å². The molecule has 2 aromatic rings. The van der Waals surface area contributed by atoms with Crippen LogP contribution in [0.25, 0.3) is 0 Å². The lowest BCUT2D eigenvalue weighted by Crippen LogP contribution is -2.39. The van der Waals surface area contributed by atoms with E-state index in [1.807, 2.05) is 0 Å². The van der Waals surface area contributed by atoms with Crippen LogP contribution in [-0.4, -0.2) is 17.9 Å². The second-order valence-corrected chi connectivity index (χ2v) is 9.34. The van der Waals surface area contributed by atoms with E-state index in [1.54, 1.807) is 13.8 Å². The van der Waals surface area contributed by atoms with Crippen LogP contribution in [0.3, 0.4) is 0 Å². The minimum absolute atomic E-state index is 0.141. The summed E-state index contributed by atoms with van der Waals surface area (Å²) in [6, 6.07) is 2.13. The maximum absolute atomic E-state index is 13.0. The second kappa shape index (κ2) is 9.08. The molecule has 1 atom stereocenters. The van der Waals surface area contributed by atoms with Crippen molar-refractivity contribution in [3.63, 3.8) is 0 Å². The van der Waals surface area contributed by atoms with E-state index in [4.69, 9.17) is 17.3 Å². The fraction of sp³-hybridized carbons (Fsp3) is 0.429. The Bertz CT molecular complexity index is 1000. The summed E-state index contributed by atoms with van der Waals surface area (Å²) in [6.45, 7) is 3.59. The van der Waals surface area contributed by atoms with Gasteiger partial charge in [0, 0.05) is 4.88 Å². The van der Waals surface area contributed by atoms with Crippen LogP contribution >= 0.6 is 22.9 Å². The number of anilines is 2. The van der Waals surface area contributed by atoms with Crippen LogP contribution in [0.2, 0.25) is 5.02 Å². The Morgan fingerprint density at radius 2 is 1.87 bits per heavy atom. The predicted octanol–water partition coefficient (Wildman–Crippen LogP) is 5.47. The number of hydrogen-bond acceptors (Lipinski definition) is 4. The molecule has 0 saturated heterocycles. The molecule has 1 aliphatic carbocycles. The van der Waals surface area contributed by atoms with Gasteiger partial charge in [-0.1, -0.05) is 25.4 Å². The normalized spacial score (nSPS) is 14.8. The van der Waals surface area contributed by atoms with Crippen molar-refractivity contribution >= 4 is 45.4 Å². The molecule has 0 spiro atoms. The summed E-state index contributed by atoms with van der Waals surface area (Å²) in [5, 5.41) is 6.00. The molecule has 1 aromatic heterocycles. The minimum Gasteiger partial charge on any atom is -0.372 e. The van der Waals surface area contributed by atoms with Crippen molar-refractivity contribution in [2.45, 2.75) is 51.7 Å². The Kier molecular flexibility index (Phi) is 6.85. The molecule has 0 bridgehead atoms. The summed E-state index contributed by atoms with van der Waals surface area (Å²) >= 11 is 7.38. The molecule has 5 nitrogen and oxygen atoms in total. The summed E-state index contributed by atoms with van der Waals surface area (Å²) < 4.78 is 38.6. The molecule has 4 N–H and O–H groups in total. The molecule has 0 radical (unpaired) electrons. The highest BCUT2D eigenvalue weighted by Gasteiger charge is 2.32. The van der Waals surface area contributed by atoms with Crippen LogP contribution in [-0.2, 0) is 23.8 Å². The van der Waals surface area contributed by atoms with Gasteiger partial charge in [-0.15, -0.1) is 11.3 Å². The SMILES string of the molecule is CC(C)C(Nc1ccc(C(F)(F)F)cc1Cl)C(=O)Nc1sc2c(c1C(N)=O)CCCC2. The molecular formula is C21H23ClF3N3O2S. The van der Waals surface area contributed by atoms with E-state index in [0.717, 1.165) is 48.3 Å². The summed E-state index contributed by atoms with van der Waals surface area (Å²) in [7, 11) is 0. The fourth-order valence-corrected chi connectivity index (χ4v) is 5.15. The number of alkyl halides is 3. The zero-order chi connectivity index (χ0) is 22.9. The molecule has 2 amide bonds. The van der Waals surface area contributed by atoms with Crippen molar-refractivity contribution in [1.82, 2.24) is 0 Å². The number of hydrogen-bond donors (Lipinski definition) is 3. The van der Waals surface area contributed by atoms with Gasteiger partial charge in [0.15, 0.2) is 0 Å². The van der Waals surface area contributed by atoms with E-state index >= 15 is 0 Å². The Morgan fingerprint density at radius 1 is 1.19 bits per heavy atom. The number of nitrogens with one attached hydrogen (secondary N) is 2. The van der Waals surface area contributed by atoms with Gasteiger partial charge in [0.05, 0.1) is 21.8 Å². The number of aryl methyl sites for hydroxylation is 1. The molecule has 10 heteroatoms. The van der Waals surface area contributed by atoms with E-state index in [-0.39, 0.29) is 16.6 Å². The summed E-state index contributed by atoms with van der Waals surface area (Å²) in [4.78, 5) is 26.1. The lowest BCUT2D eigenvalue weighted by atomic mass is 9.95. The fourth-order valence-electron chi connectivity index (χ4n) is 3.62. The van der Waals surface area contributed by atoms with Gasteiger partial charge in [-0.05, 0) is 55.4 Å². The average molecular weight is 474 g/mol. The lowest BCUT2D eigenvalue weighted by molar-refractivity contribution is -0.137. The molecule has 1 unspecified atom stereocenters. The predicted molar refractivity (Wildman–Crippen MR) is 117 cm³/mol. The summed E-state index contributed by atoms with van der Waals surface area (Å²) in [5.41, 5.74) is 6.17. The number of halogens is 4. The van der Waals surface area contributed by atoms with Crippen LogP contribution in [0.4, 0.5) is 23.9 Å². The van der Waals surface area contributed by atoms with Crippen molar-refractivity contribution in [2.24, 2.45) is 11.7 Å². The first-order chi connectivity index (χ1) is 14.5. The van der Waals surface area contributed by atoms with Crippen molar-refractivity contribution < 1.29 is 22.8 Å². The second-order valence-electron chi connectivity index (χ2n) is 7.83. The van der Waals surface area contributed by atoms with Gasteiger partial charge in [-0.25, -0.2) is 0 Å². The topological polar surface area (TPSA) is 84.2 Å². The van der Waals surface area contributed by atoms with Gasteiger partial charge < -0.3 is 16.4 Å². The van der Waals surface area contributed by atoms with E-state index in [9.17, 15) is 22.8 Å². The highest BCUT2D eigenvalue weighted by atomic mass is 35.5. The first-order valence-electron chi connectivity index (χ1n) is 9.87. The molecule has 168 valence electrons. The number of carbonyl (C=O) groups is 2. The quantitative estimate of drug-likeness (QED) is 0.520. The number of benzene rings is 1. The van der Waals surface area contributed by atoms with Crippen LogP contribution in [0.15, 0.2) is 18.2 Å². The average Bonchev–Trinajstić information content (AvgIpc) is 3.03. The van der Waals surface area contributed by atoms with Crippen molar-refractivity contribution in [2.75, 3.05) is 10.6 Å². The largest absolute Gasteiger partial charge is 0.416 e. The molecule has 31 heavy (non-hydrogen) atoms.